The third kappa shape index (κ3) is 3.31. The average molecular weight is 365 g/mol. The first kappa shape index (κ1) is 17.7. The van der Waals surface area contributed by atoms with E-state index in [9.17, 15) is 18.0 Å². The Bertz CT molecular complexity index is 908. The fraction of sp³-hybridized carbons (Fsp3) is 0.294. The van der Waals surface area contributed by atoms with Crippen LogP contribution in [0.15, 0.2) is 24.4 Å². The number of rotatable bonds is 4. The summed E-state index contributed by atoms with van der Waals surface area (Å²) in [5.74, 6) is -0.843. The molecule has 0 amide bonds. The summed E-state index contributed by atoms with van der Waals surface area (Å²) in [6, 6.07) is 4.92. The zero-order valence-electron chi connectivity index (χ0n) is 13.6. The van der Waals surface area contributed by atoms with Gasteiger partial charge in [-0.1, -0.05) is 0 Å². The number of anilines is 1. The Morgan fingerprint density at radius 3 is 2.58 bits per heavy atom. The molecule has 1 aliphatic rings. The Balaban J connectivity index is 2.19. The van der Waals surface area contributed by atoms with Crippen molar-refractivity contribution in [2.24, 2.45) is 0 Å². The molecule has 0 radical (unpaired) electrons. The zero-order valence-corrected chi connectivity index (χ0v) is 13.6. The van der Waals surface area contributed by atoms with Gasteiger partial charge in [0, 0.05) is 12.3 Å². The van der Waals surface area contributed by atoms with Crippen molar-refractivity contribution < 1.29 is 27.4 Å². The number of hydrogen-bond donors (Lipinski definition) is 1. The number of hydrogen-bond acceptors (Lipinski definition) is 5. The third-order valence-electron chi connectivity index (χ3n) is 3.87. The Labute approximate surface area is 146 Å². The van der Waals surface area contributed by atoms with Crippen LogP contribution in [-0.2, 0) is 10.9 Å². The number of nitrogens with zero attached hydrogens (tertiary/aromatic N) is 2. The van der Waals surface area contributed by atoms with E-state index >= 15 is 0 Å². The SMILES string of the molecule is COC(=O)c1c(N)c(C#N)cn1-c1cc(OC2CC2)cc(C(F)(F)F)c1. The lowest BCUT2D eigenvalue weighted by Gasteiger charge is -2.15. The van der Waals surface area contributed by atoms with Crippen LogP contribution in [0.25, 0.3) is 5.69 Å². The highest BCUT2D eigenvalue weighted by atomic mass is 19.4. The van der Waals surface area contributed by atoms with E-state index < -0.39 is 17.7 Å². The minimum absolute atomic E-state index is 0.0101. The van der Waals surface area contributed by atoms with Crippen LogP contribution in [0.1, 0.15) is 34.5 Å². The number of nitrogen functional groups attached to an aromatic ring is 1. The lowest BCUT2D eigenvalue weighted by Crippen LogP contribution is -2.13. The molecule has 1 aromatic heterocycles. The fourth-order valence-corrected chi connectivity index (χ4v) is 2.45. The Hall–Kier alpha value is -3.15. The molecule has 0 unspecified atom stereocenters. The molecule has 2 N–H and O–H groups in total. The second-order valence-corrected chi connectivity index (χ2v) is 5.81. The Kier molecular flexibility index (Phi) is 4.28. The highest BCUT2D eigenvalue weighted by Crippen LogP contribution is 2.37. The third-order valence-corrected chi connectivity index (χ3v) is 3.87. The van der Waals surface area contributed by atoms with Crippen molar-refractivity contribution in [1.82, 2.24) is 4.57 Å². The van der Waals surface area contributed by atoms with Crippen LogP contribution in [0.3, 0.4) is 0 Å². The first-order valence-electron chi connectivity index (χ1n) is 7.63. The van der Waals surface area contributed by atoms with Crippen molar-refractivity contribution in [3.05, 3.63) is 41.2 Å². The molecule has 0 atom stereocenters. The molecule has 2 aromatic rings. The van der Waals surface area contributed by atoms with E-state index in [0.717, 1.165) is 36.7 Å². The molecular formula is C17H14F3N3O3. The normalized spacial score (nSPS) is 14.0. The summed E-state index contributed by atoms with van der Waals surface area (Å²) < 4.78 is 51.0. The summed E-state index contributed by atoms with van der Waals surface area (Å²) >= 11 is 0. The lowest BCUT2D eigenvalue weighted by atomic mass is 10.1. The average Bonchev–Trinajstić information content (AvgIpc) is 3.33. The Morgan fingerprint density at radius 1 is 1.35 bits per heavy atom. The predicted molar refractivity (Wildman–Crippen MR) is 84.9 cm³/mol. The highest BCUT2D eigenvalue weighted by molar-refractivity contribution is 5.96. The smallest absolute Gasteiger partial charge is 0.416 e. The molecule has 136 valence electrons. The standard InChI is InChI=1S/C17H14F3N3O3/c1-25-16(24)15-14(22)9(7-21)8-23(15)11-4-10(17(18,19)20)5-13(6-11)26-12-2-3-12/h4-6,8,12H,2-3,22H2,1H3. The molecule has 1 aliphatic carbocycles. The molecule has 0 bridgehead atoms. The minimum atomic E-state index is -4.61. The summed E-state index contributed by atoms with van der Waals surface area (Å²) in [6.45, 7) is 0. The van der Waals surface area contributed by atoms with E-state index in [1.54, 1.807) is 6.07 Å². The molecule has 1 saturated carbocycles. The van der Waals surface area contributed by atoms with Gasteiger partial charge in [-0.15, -0.1) is 0 Å². The summed E-state index contributed by atoms with van der Waals surface area (Å²) in [4.78, 5) is 12.0. The number of nitrogens with two attached hydrogens (primary N) is 1. The summed E-state index contributed by atoms with van der Waals surface area (Å²) in [6.07, 6.45) is -1.99. The molecule has 3 rings (SSSR count). The van der Waals surface area contributed by atoms with Gasteiger partial charge < -0.3 is 19.8 Å². The molecule has 1 heterocycles. The van der Waals surface area contributed by atoms with E-state index in [1.165, 1.54) is 12.3 Å². The maximum absolute atomic E-state index is 13.3. The van der Waals surface area contributed by atoms with Gasteiger partial charge in [-0.3, -0.25) is 0 Å². The predicted octanol–water partition coefficient (Wildman–Crippen LogP) is 3.28. The van der Waals surface area contributed by atoms with Gasteiger partial charge in [0.2, 0.25) is 0 Å². The largest absolute Gasteiger partial charge is 0.490 e. The molecule has 9 heteroatoms. The van der Waals surface area contributed by atoms with Crippen LogP contribution < -0.4 is 10.5 Å². The number of ether oxygens (including phenoxy) is 2. The van der Waals surface area contributed by atoms with E-state index in [0.29, 0.717) is 0 Å². The minimum Gasteiger partial charge on any atom is -0.490 e. The van der Waals surface area contributed by atoms with Gasteiger partial charge in [-0.05, 0) is 25.0 Å². The number of carbonyl (C=O) groups excluding carboxylic acids is 1. The fourth-order valence-electron chi connectivity index (χ4n) is 2.45. The molecule has 26 heavy (non-hydrogen) atoms. The molecule has 0 saturated heterocycles. The number of nitriles is 1. The van der Waals surface area contributed by atoms with Crippen LogP contribution in [-0.4, -0.2) is 23.8 Å². The van der Waals surface area contributed by atoms with Crippen molar-refractivity contribution in [3.63, 3.8) is 0 Å². The van der Waals surface area contributed by atoms with Gasteiger partial charge in [0.25, 0.3) is 0 Å². The van der Waals surface area contributed by atoms with E-state index in [-0.39, 0.29) is 34.5 Å². The van der Waals surface area contributed by atoms with Crippen LogP contribution in [0.2, 0.25) is 0 Å². The van der Waals surface area contributed by atoms with Crippen molar-refractivity contribution in [2.75, 3.05) is 12.8 Å². The van der Waals surface area contributed by atoms with Gasteiger partial charge >= 0.3 is 12.1 Å². The highest BCUT2D eigenvalue weighted by Gasteiger charge is 2.33. The van der Waals surface area contributed by atoms with E-state index in [1.807, 2.05) is 0 Å². The number of aromatic nitrogens is 1. The van der Waals surface area contributed by atoms with Gasteiger partial charge in [-0.2, -0.15) is 18.4 Å². The lowest BCUT2D eigenvalue weighted by molar-refractivity contribution is -0.137. The second-order valence-electron chi connectivity index (χ2n) is 5.81. The number of carbonyl (C=O) groups is 1. The molecule has 0 aliphatic heterocycles. The quantitative estimate of drug-likeness (QED) is 0.840. The number of methoxy groups -OCH3 is 1. The van der Waals surface area contributed by atoms with Gasteiger partial charge in [0.15, 0.2) is 5.69 Å². The van der Waals surface area contributed by atoms with Crippen LogP contribution in [0.4, 0.5) is 18.9 Å². The van der Waals surface area contributed by atoms with Crippen LogP contribution >= 0.6 is 0 Å². The van der Waals surface area contributed by atoms with Crippen molar-refractivity contribution in [3.8, 4) is 17.5 Å². The summed E-state index contributed by atoms with van der Waals surface area (Å²) in [5.41, 5.74) is 4.40. The summed E-state index contributed by atoms with van der Waals surface area (Å²) in [7, 11) is 1.11. The molecule has 1 aromatic carbocycles. The van der Waals surface area contributed by atoms with Crippen molar-refractivity contribution in [1.29, 1.82) is 5.26 Å². The number of benzene rings is 1. The first-order chi connectivity index (χ1) is 12.2. The second kappa shape index (κ2) is 6.29. The number of halogens is 3. The van der Waals surface area contributed by atoms with Crippen molar-refractivity contribution >= 4 is 11.7 Å². The zero-order chi connectivity index (χ0) is 19.1. The molecule has 0 spiro atoms. The van der Waals surface area contributed by atoms with Crippen molar-refractivity contribution in [2.45, 2.75) is 25.1 Å². The maximum Gasteiger partial charge on any atom is 0.416 e. The summed E-state index contributed by atoms with van der Waals surface area (Å²) in [5, 5.41) is 9.12. The van der Waals surface area contributed by atoms with E-state index in [2.05, 4.69) is 4.74 Å². The topological polar surface area (TPSA) is 90.3 Å². The van der Waals surface area contributed by atoms with Gasteiger partial charge in [0.1, 0.15) is 11.8 Å². The molecular weight excluding hydrogens is 351 g/mol. The monoisotopic (exact) mass is 365 g/mol. The van der Waals surface area contributed by atoms with Gasteiger partial charge in [-0.25, -0.2) is 4.79 Å². The molecule has 6 nitrogen and oxygen atoms in total. The number of esters is 1. The van der Waals surface area contributed by atoms with Crippen LogP contribution in [0, 0.1) is 11.3 Å². The maximum atomic E-state index is 13.3. The van der Waals surface area contributed by atoms with E-state index in [4.69, 9.17) is 15.7 Å². The Morgan fingerprint density at radius 2 is 2.04 bits per heavy atom. The van der Waals surface area contributed by atoms with Crippen LogP contribution in [0.5, 0.6) is 5.75 Å². The first-order valence-corrected chi connectivity index (χ1v) is 7.63. The van der Waals surface area contributed by atoms with Gasteiger partial charge in [0.05, 0.1) is 35.7 Å². The molecule has 1 fully saturated rings. The number of alkyl halides is 3.